The number of nitrogens with one attached hydrogen (secondary N) is 1. The van der Waals surface area contributed by atoms with Crippen molar-refractivity contribution in [2.24, 2.45) is 11.7 Å². The number of thiocarbonyl (C=S) groups is 1. The fraction of sp³-hybridized carbons (Fsp3) is 0.417. The number of benzene rings is 1. The van der Waals surface area contributed by atoms with E-state index in [0.29, 0.717) is 22.0 Å². The summed E-state index contributed by atoms with van der Waals surface area (Å²) in [6.07, 6.45) is 0. The Morgan fingerprint density at radius 3 is 2.44 bits per heavy atom. The summed E-state index contributed by atoms with van der Waals surface area (Å²) in [7, 11) is 0. The van der Waals surface area contributed by atoms with Crippen LogP contribution in [0.15, 0.2) is 18.2 Å². The largest absolute Gasteiger partial charge is 0.389 e. The highest BCUT2D eigenvalue weighted by Gasteiger charge is 2.08. The summed E-state index contributed by atoms with van der Waals surface area (Å²) in [5.41, 5.74) is 7.25. The summed E-state index contributed by atoms with van der Waals surface area (Å²) in [5, 5.41) is 3.97. The van der Waals surface area contributed by atoms with Crippen LogP contribution in [0, 0.1) is 5.92 Å². The van der Waals surface area contributed by atoms with E-state index in [-0.39, 0.29) is 0 Å². The summed E-state index contributed by atoms with van der Waals surface area (Å²) >= 11 is 11.0. The van der Waals surface area contributed by atoms with E-state index in [1.807, 2.05) is 18.2 Å². The van der Waals surface area contributed by atoms with Gasteiger partial charge in [-0.25, -0.2) is 0 Å². The molecule has 0 fully saturated rings. The molecule has 0 saturated carbocycles. The first kappa shape index (κ1) is 13.3. The van der Waals surface area contributed by atoms with Gasteiger partial charge in [-0.05, 0) is 31.0 Å². The van der Waals surface area contributed by atoms with Gasteiger partial charge in [-0.1, -0.05) is 37.7 Å². The molecule has 0 heterocycles. The van der Waals surface area contributed by atoms with Gasteiger partial charge in [-0.3, -0.25) is 0 Å². The average molecular weight is 257 g/mol. The average Bonchev–Trinajstić information content (AvgIpc) is 2.16. The van der Waals surface area contributed by atoms with Gasteiger partial charge in [0.1, 0.15) is 4.99 Å². The molecule has 1 atom stereocenters. The van der Waals surface area contributed by atoms with Crippen LogP contribution in [0.1, 0.15) is 26.3 Å². The SMILES string of the molecule is CC(C)C(C)Nc1ccc(C(N)=S)c(Cl)c1. The van der Waals surface area contributed by atoms with Crippen molar-refractivity contribution < 1.29 is 0 Å². The van der Waals surface area contributed by atoms with Crippen molar-refractivity contribution in [3.05, 3.63) is 28.8 Å². The van der Waals surface area contributed by atoms with Crippen molar-refractivity contribution in [2.45, 2.75) is 26.8 Å². The summed E-state index contributed by atoms with van der Waals surface area (Å²) in [6, 6.07) is 6.04. The number of hydrogen-bond acceptors (Lipinski definition) is 2. The molecule has 1 aromatic carbocycles. The molecule has 0 spiro atoms. The van der Waals surface area contributed by atoms with Crippen molar-refractivity contribution in [1.29, 1.82) is 0 Å². The minimum atomic E-state index is 0.327. The molecular formula is C12H17ClN2S. The quantitative estimate of drug-likeness (QED) is 0.811. The summed E-state index contributed by atoms with van der Waals surface area (Å²) in [4.78, 5) is 0.327. The van der Waals surface area contributed by atoms with Crippen molar-refractivity contribution in [3.8, 4) is 0 Å². The van der Waals surface area contributed by atoms with Crippen LogP contribution in [0.5, 0.6) is 0 Å². The van der Waals surface area contributed by atoms with Crippen molar-refractivity contribution in [3.63, 3.8) is 0 Å². The second kappa shape index (κ2) is 5.51. The van der Waals surface area contributed by atoms with Crippen LogP contribution < -0.4 is 11.1 Å². The molecule has 1 rings (SSSR count). The van der Waals surface area contributed by atoms with E-state index in [1.54, 1.807) is 0 Å². The van der Waals surface area contributed by atoms with Gasteiger partial charge in [0.05, 0.1) is 5.02 Å². The Morgan fingerprint density at radius 1 is 1.38 bits per heavy atom. The number of nitrogens with two attached hydrogens (primary N) is 1. The lowest BCUT2D eigenvalue weighted by Crippen LogP contribution is -2.21. The standard InChI is InChI=1S/C12H17ClN2S/c1-7(2)8(3)15-9-4-5-10(12(14)16)11(13)6-9/h4-8,15H,1-3H3,(H2,14,16). The molecule has 1 unspecified atom stereocenters. The van der Waals surface area contributed by atoms with E-state index in [4.69, 9.17) is 29.6 Å². The molecule has 4 heteroatoms. The Hall–Kier alpha value is -0.800. The Labute approximate surface area is 107 Å². The minimum absolute atomic E-state index is 0.327. The highest BCUT2D eigenvalue weighted by Crippen LogP contribution is 2.22. The topological polar surface area (TPSA) is 38.0 Å². The Kier molecular flexibility index (Phi) is 4.56. The van der Waals surface area contributed by atoms with Crippen molar-refractivity contribution >= 4 is 34.5 Å². The monoisotopic (exact) mass is 256 g/mol. The van der Waals surface area contributed by atoms with Gasteiger partial charge in [-0.15, -0.1) is 0 Å². The van der Waals surface area contributed by atoms with E-state index >= 15 is 0 Å². The van der Waals surface area contributed by atoms with E-state index in [9.17, 15) is 0 Å². The maximum atomic E-state index is 6.08. The first-order valence-electron chi connectivity index (χ1n) is 5.27. The first-order valence-corrected chi connectivity index (χ1v) is 6.06. The van der Waals surface area contributed by atoms with E-state index in [0.717, 1.165) is 11.3 Å². The molecule has 0 aliphatic rings. The van der Waals surface area contributed by atoms with Crippen LogP contribution in [0.25, 0.3) is 0 Å². The zero-order valence-electron chi connectivity index (χ0n) is 9.75. The molecule has 0 saturated heterocycles. The van der Waals surface area contributed by atoms with Crippen LogP contribution in [0.3, 0.4) is 0 Å². The number of hydrogen-bond donors (Lipinski definition) is 2. The van der Waals surface area contributed by atoms with Crippen LogP contribution in [0.4, 0.5) is 5.69 Å². The molecule has 0 aliphatic heterocycles. The highest BCUT2D eigenvalue weighted by atomic mass is 35.5. The van der Waals surface area contributed by atoms with E-state index in [2.05, 4.69) is 26.1 Å². The van der Waals surface area contributed by atoms with Crippen LogP contribution in [-0.2, 0) is 0 Å². The van der Waals surface area contributed by atoms with Crippen molar-refractivity contribution in [1.82, 2.24) is 0 Å². The minimum Gasteiger partial charge on any atom is -0.389 e. The third kappa shape index (κ3) is 3.35. The second-order valence-electron chi connectivity index (χ2n) is 4.24. The maximum Gasteiger partial charge on any atom is 0.105 e. The first-order chi connectivity index (χ1) is 7.41. The predicted octanol–water partition coefficient (Wildman–Crippen LogP) is 3.43. The molecule has 1 aromatic rings. The third-order valence-electron chi connectivity index (χ3n) is 2.63. The Balaban J connectivity index is 2.85. The summed E-state index contributed by atoms with van der Waals surface area (Å²) in [5.74, 6) is 0.564. The van der Waals surface area contributed by atoms with Gasteiger partial charge in [0.2, 0.25) is 0 Å². The fourth-order valence-electron chi connectivity index (χ4n) is 1.23. The summed E-state index contributed by atoms with van der Waals surface area (Å²) in [6.45, 7) is 6.48. The number of halogens is 1. The number of anilines is 1. The second-order valence-corrected chi connectivity index (χ2v) is 5.08. The van der Waals surface area contributed by atoms with E-state index in [1.165, 1.54) is 0 Å². The van der Waals surface area contributed by atoms with Gasteiger partial charge >= 0.3 is 0 Å². The molecule has 0 aromatic heterocycles. The Bertz CT molecular complexity index is 391. The zero-order chi connectivity index (χ0) is 12.3. The predicted molar refractivity (Wildman–Crippen MR) is 75.3 cm³/mol. The van der Waals surface area contributed by atoms with Gasteiger partial charge < -0.3 is 11.1 Å². The number of rotatable bonds is 4. The zero-order valence-corrected chi connectivity index (χ0v) is 11.3. The van der Waals surface area contributed by atoms with Gasteiger partial charge in [-0.2, -0.15) is 0 Å². The third-order valence-corrected chi connectivity index (χ3v) is 3.16. The van der Waals surface area contributed by atoms with Crippen LogP contribution >= 0.6 is 23.8 Å². The lowest BCUT2D eigenvalue weighted by molar-refractivity contribution is 0.560. The van der Waals surface area contributed by atoms with Gasteiger partial charge in [0.25, 0.3) is 0 Å². The Morgan fingerprint density at radius 2 is 2.00 bits per heavy atom. The molecule has 0 aliphatic carbocycles. The maximum absolute atomic E-state index is 6.08. The molecule has 16 heavy (non-hydrogen) atoms. The smallest absolute Gasteiger partial charge is 0.105 e. The van der Waals surface area contributed by atoms with Crippen LogP contribution in [0.2, 0.25) is 5.02 Å². The lowest BCUT2D eigenvalue weighted by atomic mass is 10.1. The van der Waals surface area contributed by atoms with Crippen LogP contribution in [-0.4, -0.2) is 11.0 Å². The fourth-order valence-corrected chi connectivity index (χ4v) is 1.75. The molecule has 2 nitrogen and oxygen atoms in total. The molecule has 88 valence electrons. The van der Waals surface area contributed by atoms with E-state index < -0.39 is 0 Å². The lowest BCUT2D eigenvalue weighted by Gasteiger charge is -2.19. The molecule has 0 amide bonds. The summed E-state index contributed by atoms with van der Waals surface area (Å²) < 4.78 is 0. The van der Waals surface area contributed by atoms with Gasteiger partial charge in [0, 0.05) is 17.3 Å². The highest BCUT2D eigenvalue weighted by molar-refractivity contribution is 7.80. The molecule has 0 bridgehead atoms. The molecule has 0 radical (unpaired) electrons. The normalized spacial score (nSPS) is 12.6. The van der Waals surface area contributed by atoms with Crippen molar-refractivity contribution in [2.75, 3.05) is 5.32 Å². The molecular weight excluding hydrogens is 240 g/mol. The molecule has 3 N–H and O–H groups in total. The van der Waals surface area contributed by atoms with Gasteiger partial charge in [0.15, 0.2) is 0 Å².